The summed E-state index contributed by atoms with van der Waals surface area (Å²) in [5.74, 6) is 0.443. The van der Waals surface area contributed by atoms with Crippen molar-refractivity contribution in [3.8, 4) is 11.1 Å². The fourth-order valence-corrected chi connectivity index (χ4v) is 1.92. The van der Waals surface area contributed by atoms with Crippen LogP contribution in [0.5, 0.6) is 0 Å². The third-order valence-electron chi connectivity index (χ3n) is 2.71. The number of carbonyl (C=O) groups is 1. The quantitative estimate of drug-likeness (QED) is 0.839. The van der Waals surface area contributed by atoms with Gasteiger partial charge >= 0.3 is 0 Å². The second-order valence-corrected chi connectivity index (χ2v) is 3.99. The molecule has 0 saturated carbocycles. The number of aromatic nitrogens is 2. The van der Waals surface area contributed by atoms with Crippen molar-refractivity contribution in [3.05, 3.63) is 48.7 Å². The second-order valence-electron chi connectivity index (χ2n) is 3.99. The normalized spacial score (nSPS) is 10.1. The van der Waals surface area contributed by atoms with Crippen LogP contribution in [0.4, 0.5) is 5.82 Å². The Bertz CT molecular complexity index is 585. The predicted octanol–water partition coefficient (Wildman–Crippen LogP) is 2.52. The van der Waals surface area contributed by atoms with Crippen LogP contribution < -0.4 is 5.32 Å². The predicted molar refractivity (Wildman–Crippen MR) is 72.2 cm³/mol. The summed E-state index contributed by atoms with van der Waals surface area (Å²) in [5, 5.41) is 7.13. The van der Waals surface area contributed by atoms with E-state index in [1.807, 2.05) is 37.3 Å². The zero-order valence-electron chi connectivity index (χ0n) is 10.5. The summed E-state index contributed by atoms with van der Waals surface area (Å²) in [7, 11) is 1.80. The van der Waals surface area contributed by atoms with Crippen LogP contribution in [-0.4, -0.2) is 15.7 Å². The smallest absolute Gasteiger partial charge is 0.248 e. The van der Waals surface area contributed by atoms with Gasteiger partial charge in [0.05, 0.1) is 5.69 Å². The van der Waals surface area contributed by atoms with Gasteiger partial charge in [0.15, 0.2) is 0 Å². The second kappa shape index (κ2) is 4.87. The number of aryl methyl sites for hydroxylation is 2. The third-order valence-corrected chi connectivity index (χ3v) is 2.71. The molecule has 1 heterocycles. The minimum Gasteiger partial charge on any atom is -0.307 e. The summed E-state index contributed by atoms with van der Waals surface area (Å²) in [6, 6.07) is 9.86. The zero-order valence-corrected chi connectivity index (χ0v) is 10.5. The number of amides is 1. The Hall–Kier alpha value is -2.36. The summed E-state index contributed by atoms with van der Waals surface area (Å²) in [4.78, 5) is 11.5. The fourth-order valence-electron chi connectivity index (χ4n) is 1.92. The first-order valence-corrected chi connectivity index (χ1v) is 5.66. The van der Waals surface area contributed by atoms with Crippen LogP contribution >= 0.6 is 0 Å². The number of nitrogens with one attached hydrogen (secondary N) is 1. The van der Waals surface area contributed by atoms with Gasteiger partial charge in [-0.2, -0.15) is 5.10 Å². The van der Waals surface area contributed by atoms with Crippen molar-refractivity contribution in [3.63, 3.8) is 0 Å². The molecule has 4 heteroatoms. The maximum atomic E-state index is 11.5. The van der Waals surface area contributed by atoms with Crippen LogP contribution in [0.2, 0.25) is 0 Å². The van der Waals surface area contributed by atoms with Crippen molar-refractivity contribution in [2.75, 3.05) is 5.32 Å². The first-order chi connectivity index (χ1) is 8.63. The summed E-state index contributed by atoms with van der Waals surface area (Å²) in [5.41, 5.74) is 2.85. The molecule has 1 amide bonds. The number of hydrogen-bond donors (Lipinski definition) is 1. The number of benzene rings is 1. The van der Waals surface area contributed by atoms with Gasteiger partial charge in [-0.25, -0.2) is 0 Å². The fraction of sp³-hybridized carbons (Fsp3) is 0.143. The van der Waals surface area contributed by atoms with Gasteiger partial charge in [-0.3, -0.25) is 9.48 Å². The molecule has 1 aromatic heterocycles. The molecule has 92 valence electrons. The number of hydrogen-bond acceptors (Lipinski definition) is 2. The Balaban J connectivity index is 2.53. The lowest BCUT2D eigenvalue weighted by Gasteiger charge is -2.07. The average Bonchev–Trinajstić information content (AvgIpc) is 2.65. The highest BCUT2D eigenvalue weighted by atomic mass is 16.1. The Morgan fingerprint density at radius 2 is 2.06 bits per heavy atom. The van der Waals surface area contributed by atoms with E-state index in [0.29, 0.717) is 5.82 Å². The maximum absolute atomic E-state index is 11.5. The van der Waals surface area contributed by atoms with E-state index in [1.165, 1.54) is 6.08 Å². The highest BCUT2D eigenvalue weighted by Gasteiger charge is 2.15. The van der Waals surface area contributed by atoms with E-state index in [9.17, 15) is 4.79 Å². The molecule has 0 aliphatic rings. The van der Waals surface area contributed by atoms with E-state index in [0.717, 1.165) is 16.8 Å². The molecule has 0 fully saturated rings. The number of anilines is 1. The summed E-state index contributed by atoms with van der Waals surface area (Å²) >= 11 is 0. The molecule has 1 aromatic carbocycles. The zero-order chi connectivity index (χ0) is 13.1. The maximum Gasteiger partial charge on any atom is 0.248 e. The molecule has 18 heavy (non-hydrogen) atoms. The SMILES string of the molecule is C=CC(=O)Nc1c(-c2ccccc2)c(C)nn1C. The summed E-state index contributed by atoms with van der Waals surface area (Å²) < 4.78 is 1.67. The molecule has 4 nitrogen and oxygen atoms in total. The Morgan fingerprint density at radius 1 is 1.39 bits per heavy atom. The van der Waals surface area contributed by atoms with Gasteiger partial charge in [0, 0.05) is 12.6 Å². The molecule has 0 saturated heterocycles. The van der Waals surface area contributed by atoms with Crippen molar-refractivity contribution in [2.24, 2.45) is 7.05 Å². The topological polar surface area (TPSA) is 46.9 Å². The van der Waals surface area contributed by atoms with Gasteiger partial charge in [-0.1, -0.05) is 36.9 Å². The number of carbonyl (C=O) groups excluding carboxylic acids is 1. The number of nitrogens with zero attached hydrogens (tertiary/aromatic N) is 2. The largest absolute Gasteiger partial charge is 0.307 e. The van der Waals surface area contributed by atoms with Crippen LogP contribution in [0.3, 0.4) is 0 Å². The molecule has 0 unspecified atom stereocenters. The standard InChI is InChI=1S/C14H15N3O/c1-4-12(18)15-14-13(10(2)16-17(14)3)11-8-6-5-7-9-11/h4-9H,1H2,2-3H3,(H,15,18). The highest BCUT2D eigenvalue weighted by Crippen LogP contribution is 2.30. The van der Waals surface area contributed by atoms with Crippen LogP contribution in [0.1, 0.15) is 5.69 Å². The van der Waals surface area contributed by atoms with Gasteiger partial charge in [0.25, 0.3) is 0 Å². The molecule has 2 aromatic rings. The molecule has 0 aliphatic heterocycles. The molecular formula is C14H15N3O. The van der Waals surface area contributed by atoms with Crippen LogP contribution in [-0.2, 0) is 11.8 Å². The van der Waals surface area contributed by atoms with E-state index in [4.69, 9.17) is 0 Å². The van der Waals surface area contributed by atoms with Gasteiger partial charge in [0.2, 0.25) is 5.91 Å². The van der Waals surface area contributed by atoms with Crippen LogP contribution in [0, 0.1) is 6.92 Å². The van der Waals surface area contributed by atoms with Gasteiger partial charge in [0.1, 0.15) is 5.82 Å². The molecule has 0 spiro atoms. The number of rotatable bonds is 3. The van der Waals surface area contributed by atoms with Gasteiger partial charge < -0.3 is 5.32 Å². The Labute approximate surface area is 106 Å². The Kier molecular flexibility index (Phi) is 3.28. The monoisotopic (exact) mass is 241 g/mol. The van der Waals surface area contributed by atoms with Crippen molar-refractivity contribution < 1.29 is 4.79 Å². The molecule has 0 aliphatic carbocycles. The van der Waals surface area contributed by atoms with Crippen LogP contribution in [0.15, 0.2) is 43.0 Å². The molecular weight excluding hydrogens is 226 g/mol. The lowest BCUT2D eigenvalue weighted by atomic mass is 10.1. The van der Waals surface area contributed by atoms with Crippen molar-refractivity contribution in [1.29, 1.82) is 0 Å². The minimum absolute atomic E-state index is 0.241. The van der Waals surface area contributed by atoms with E-state index < -0.39 is 0 Å². The van der Waals surface area contributed by atoms with Crippen molar-refractivity contribution >= 4 is 11.7 Å². The van der Waals surface area contributed by atoms with E-state index in [2.05, 4.69) is 17.0 Å². The Morgan fingerprint density at radius 3 is 2.67 bits per heavy atom. The average molecular weight is 241 g/mol. The summed E-state index contributed by atoms with van der Waals surface area (Å²) in [6.07, 6.45) is 1.25. The molecule has 2 rings (SSSR count). The van der Waals surface area contributed by atoms with Gasteiger partial charge in [-0.05, 0) is 18.6 Å². The highest BCUT2D eigenvalue weighted by molar-refractivity contribution is 6.01. The van der Waals surface area contributed by atoms with E-state index >= 15 is 0 Å². The lowest BCUT2D eigenvalue weighted by molar-refractivity contribution is -0.111. The van der Waals surface area contributed by atoms with E-state index in [1.54, 1.807) is 11.7 Å². The first-order valence-electron chi connectivity index (χ1n) is 5.66. The minimum atomic E-state index is -0.241. The van der Waals surface area contributed by atoms with Crippen molar-refractivity contribution in [2.45, 2.75) is 6.92 Å². The molecule has 0 radical (unpaired) electrons. The molecule has 0 atom stereocenters. The lowest BCUT2D eigenvalue weighted by Crippen LogP contribution is -2.11. The third kappa shape index (κ3) is 2.18. The van der Waals surface area contributed by atoms with Crippen LogP contribution in [0.25, 0.3) is 11.1 Å². The van der Waals surface area contributed by atoms with E-state index in [-0.39, 0.29) is 5.91 Å². The van der Waals surface area contributed by atoms with Gasteiger partial charge in [-0.15, -0.1) is 0 Å². The molecule has 0 bridgehead atoms. The summed E-state index contributed by atoms with van der Waals surface area (Å²) in [6.45, 7) is 5.38. The first kappa shape index (κ1) is 12.1. The van der Waals surface area contributed by atoms with Crippen molar-refractivity contribution in [1.82, 2.24) is 9.78 Å². The molecule has 1 N–H and O–H groups in total.